The SMILES string of the molecule is C#CC(C#CC#CC(C#C)=C(C)C)=C(C)C. The zero-order valence-corrected chi connectivity index (χ0v) is 10.2. The van der Waals surface area contributed by atoms with Crippen LogP contribution in [-0.2, 0) is 0 Å². The molecule has 0 aromatic rings. The van der Waals surface area contributed by atoms with Gasteiger partial charge in [0.2, 0.25) is 0 Å². The normalized spacial score (nSPS) is 6.88. The predicted octanol–water partition coefficient (Wildman–Crippen LogP) is 2.93. The molecular formula is C16H14. The fourth-order valence-electron chi connectivity index (χ4n) is 0.798. The highest BCUT2D eigenvalue weighted by molar-refractivity contribution is 5.52. The highest BCUT2D eigenvalue weighted by Gasteiger charge is 1.88. The Bertz CT molecular complexity index is 469. The van der Waals surface area contributed by atoms with E-state index in [9.17, 15) is 0 Å². The molecule has 0 radical (unpaired) electrons. The molecule has 0 nitrogen and oxygen atoms in total. The van der Waals surface area contributed by atoms with E-state index in [1.54, 1.807) is 0 Å². The van der Waals surface area contributed by atoms with Crippen LogP contribution in [-0.4, -0.2) is 0 Å². The van der Waals surface area contributed by atoms with Gasteiger partial charge < -0.3 is 0 Å². The van der Waals surface area contributed by atoms with Crippen molar-refractivity contribution in [1.29, 1.82) is 0 Å². The topological polar surface area (TPSA) is 0 Å². The van der Waals surface area contributed by atoms with Gasteiger partial charge in [-0.3, -0.25) is 0 Å². The van der Waals surface area contributed by atoms with Crippen LogP contribution in [0.1, 0.15) is 27.7 Å². The van der Waals surface area contributed by atoms with Crippen LogP contribution < -0.4 is 0 Å². The van der Waals surface area contributed by atoms with Gasteiger partial charge in [0.15, 0.2) is 0 Å². The number of rotatable bonds is 0. The maximum atomic E-state index is 5.29. The van der Waals surface area contributed by atoms with Crippen molar-refractivity contribution in [3.05, 3.63) is 22.3 Å². The Labute approximate surface area is 98.8 Å². The van der Waals surface area contributed by atoms with E-state index in [0.29, 0.717) is 11.1 Å². The predicted molar refractivity (Wildman–Crippen MR) is 70.0 cm³/mol. The molecule has 0 atom stereocenters. The van der Waals surface area contributed by atoms with Gasteiger partial charge in [-0.1, -0.05) is 23.0 Å². The lowest BCUT2D eigenvalue weighted by Gasteiger charge is -1.89. The second-order valence-corrected chi connectivity index (χ2v) is 3.54. The molecule has 78 valence electrons. The molecule has 0 spiro atoms. The minimum absolute atomic E-state index is 0.675. The molecule has 0 heterocycles. The molecule has 0 aromatic carbocycles. The molecule has 0 aromatic heterocycles. The van der Waals surface area contributed by atoms with Gasteiger partial charge in [0.05, 0.1) is 11.1 Å². The van der Waals surface area contributed by atoms with Crippen LogP contribution in [0.15, 0.2) is 22.3 Å². The largest absolute Gasteiger partial charge is 0.114 e. The first kappa shape index (κ1) is 13.7. The van der Waals surface area contributed by atoms with Gasteiger partial charge in [0, 0.05) is 0 Å². The Balaban J connectivity index is 5.02. The van der Waals surface area contributed by atoms with Gasteiger partial charge >= 0.3 is 0 Å². The van der Waals surface area contributed by atoms with Gasteiger partial charge in [-0.2, -0.15) is 0 Å². The summed E-state index contributed by atoms with van der Waals surface area (Å²) in [7, 11) is 0. The van der Waals surface area contributed by atoms with E-state index in [-0.39, 0.29) is 0 Å². The minimum atomic E-state index is 0.675. The van der Waals surface area contributed by atoms with Crippen molar-refractivity contribution in [3.8, 4) is 48.4 Å². The molecule has 0 rings (SSSR count). The lowest BCUT2D eigenvalue weighted by Crippen LogP contribution is -1.78. The van der Waals surface area contributed by atoms with Crippen LogP contribution in [0, 0.1) is 48.4 Å². The summed E-state index contributed by atoms with van der Waals surface area (Å²) < 4.78 is 0. The molecule has 0 saturated carbocycles. The monoisotopic (exact) mass is 206 g/mol. The zero-order chi connectivity index (χ0) is 12.6. The molecule has 0 unspecified atom stereocenters. The molecule has 0 fully saturated rings. The number of terminal acetylenes is 2. The van der Waals surface area contributed by atoms with Crippen LogP contribution in [0.4, 0.5) is 0 Å². The average Bonchev–Trinajstić information content (AvgIpc) is 2.22. The molecular weight excluding hydrogens is 192 g/mol. The maximum Gasteiger partial charge on any atom is 0.0738 e. The maximum absolute atomic E-state index is 5.29. The fourth-order valence-corrected chi connectivity index (χ4v) is 0.798. The summed E-state index contributed by atoms with van der Waals surface area (Å²) in [6.45, 7) is 7.67. The van der Waals surface area contributed by atoms with E-state index in [2.05, 4.69) is 35.5 Å². The van der Waals surface area contributed by atoms with Crippen molar-refractivity contribution in [2.75, 3.05) is 0 Å². The molecule has 0 saturated heterocycles. The number of allylic oxidation sites excluding steroid dienone is 4. The van der Waals surface area contributed by atoms with E-state index < -0.39 is 0 Å². The summed E-state index contributed by atoms with van der Waals surface area (Å²) in [5, 5.41) is 0. The van der Waals surface area contributed by atoms with Crippen LogP contribution in [0.2, 0.25) is 0 Å². The van der Waals surface area contributed by atoms with Crippen LogP contribution in [0.25, 0.3) is 0 Å². The van der Waals surface area contributed by atoms with Crippen LogP contribution in [0.5, 0.6) is 0 Å². The first-order valence-electron chi connectivity index (χ1n) is 4.83. The highest BCUT2D eigenvalue weighted by atomic mass is 13.9. The van der Waals surface area contributed by atoms with E-state index in [0.717, 1.165) is 11.1 Å². The highest BCUT2D eigenvalue weighted by Crippen LogP contribution is 2.00. The first-order chi connectivity index (χ1) is 7.52. The molecule has 0 N–H and O–H groups in total. The third-order valence-corrected chi connectivity index (χ3v) is 1.73. The molecule has 0 heteroatoms. The fraction of sp³-hybridized carbons (Fsp3) is 0.250. The van der Waals surface area contributed by atoms with Gasteiger partial charge in [-0.25, -0.2) is 0 Å². The molecule has 0 aliphatic carbocycles. The Morgan fingerprint density at radius 2 is 1.00 bits per heavy atom. The van der Waals surface area contributed by atoms with Gasteiger partial charge in [0.1, 0.15) is 0 Å². The average molecular weight is 206 g/mol. The van der Waals surface area contributed by atoms with Crippen molar-refractivity contribution in [2.45, 2.75) is 27.7 Å². The van der Waals surface area contributed by atoms with Crippen molar-refractivity contribution < 1.29 is 0 Å². The smallest absolute Gasteiger partial charge is 0.0738 e. The number of hydrogen-bond donors (Lipinski definition) is 0. The molecule has 16 heavy (non-hydrogen) atoms. The molecule has 0 aliphatic heterocycles. The Hall–Kier alpha value is -2.28. The standard InChI is InChI=1S/C16H14/c1-7-15(13(3)4)11-9-10-12-16(8-2)14(5)6/h1-2H,3-6H3. The summed E-state index contributed by atoms with van der Waals surface area (Å²) in [6.07, 6.45) is 10.6. The van der Waals surface area contributed by atoms with Gasteiger partial charge in [-0.05, 0) is 51.4 Å². The Kier molecular flexibility index (Phi) is 6.06. The second kappa shape index (κ2) is 7.07. The minimum Gasteiger partial charge on any atom is -0.114 e. The van der Waals surface area contributed by atoms with Gasteiger partial charge in [-0.15, -0.1) is 12.8 Å². The van der Waals surface area contributed by atoms with Crippen LogP contribution >= 0.6 is 0 Å². The lowest BCUT2D eigenvalue weighted by atomic mass is 10.1. The third kappa shape index (κ3) is 4.82. The van der Waals surface area contributed by atoms with Crippen molar-refractivity contribution >= 4 is 0 Å². The first-order valence-corrected chi connectivity index (χ1v) is 4.83. The van der Waals surface area contributed by atoms with E-state index in [1.165, 1.54) is 0 Å². The molecule has 0 aliphatic rings. The van der Waals surface area contributed by atoms with Gasteiger partial charge in [0.25, 0.3) is 0 Å². The van der Waals surface area contributed by atoms with E-state index >= 15 is 0 Å². The summed E-state index contributed by atoms with van der Waals surface area (Å²) in [5.74, 6) is 16.0. The second-order valence-electron chi connectivity index (χ2n) is 3.54. The van der Waals surface area contributed by atoms with Crippen LogP contribution in [0.3, 0.4) is 0 Å². The Morgan fingerprint density at radius 3 is 1.19 bits per heavy atom. The van der Waals surface area contributed by atoms with Crippen molar-refractivity contribution in [2.24, 2.45) is 0 Å². The zero-order valence-electron chi connectivity index (χ0n) is 10.2. The van der Waals surface area contributed by atoms with E-state index in [4.69, 9.17) is 12.8 Å². The third-order valence-electron chi connectivity index (χ3n) is 1.73. The molecule has 0 bridgehead atoms. The summed E-state index contributed by atoms with van der Waals surface area (Å²) in [4.78, 5) is 0. The number of hydrogen-bond acceptors (Lipinski definition) is 0. The summed E-state index contributed by atoms with van der Waals surface area (Å²) >= 11 is 0. The van der Waals surface area contributed by atoms with Crippen molar-refractivity contribution in [1.82, 2.24) is 0 Å². The quantitative estimate of drug-likeness (QED) is 0.535. The lowest BCUT2D eigenvalue weighted by molar-refractivity contribution is 1.37. The summed E-state index contributed by atoms with van der Waals surface area (Å²) in [6, 6.07) is 0. The van der Waals surface area contributed by atoms with E-state index in [1.807, 2.05) is 27.7 Å². The summed E-state index contributed by atoms with van der Waals surface area (Å²) in [5.41, 5.74) is 3.37. The molecule has 0 amide bonds. The Morgan fingerprint density at radius 1 is 0.688 bits per heavy atom. The van der Waals surface area contributed by atoms with Crippen molar-refractivity contribution in [3.63, 3.8) is 0 Å².